The number of carboxylic acids is 1. The number of anilines is 1. The number of carbonyl (C=O) groups excluding carboxylic acids is 2. The van der Waals surface area contributed by atoms with Crippen LogP contribution in [0.1, 0.15) is 20.8 Å². The summed E-state index contributed by atoms with van der Waals surface area (Å²) in [5.74, 6) is -0.952. The minimum absolute atomic E-state index is 0.0129. The lowest BCUT2D eigenvalue weighted by Crippen LogP contribution is -2.12. The van der Waals surface area contributed by atoms with E-state index in [0.29, 0.717) is 33.7 Å². The van der Waals surface area contributed by atoms with Gasteiger partial charge < -0.3 is 19.9 Å². The zero-order chi connectivity index (χ0) is 19.6. The molecule has 2 aromatic carbocycles. The van der Waals surface area contributed by atoms with Crippen molar-refractivity contribution in [1.29, 1.82) is 0 Å². The van der Waals surface area contributed by atoms with Crippen LogP contribution in [0.5, 0.6) is 11.5 Å². The average molecular weight is 369 g/mol. The van der Waals surface area contributed by atoms with Crippen molar-refractivity contribution in [2.45, 2.75) is 0 Å². The lowest BCUT2D eigenvalue weighted by molar-refractivity contribution is -0.112. The average Bonchev–Trinajstić information content (AvgIpc) is 3.22. The topological polar surface area (TPSA) is 131 Å². The van der Waals surface area contributed by atoms with E-state index in [1.165, 1.54) is 14.2 Å². The van der Waals surface area contributed by atoms with Gasteiger partial charge in [0, 0.05) is 5.39 Å². The standard InChI is InChI=1S/C9H8N2O3.C9H7NO3/c1-14-5-2-3-7-6(4-5)8(9(12)13)11-10-7;1-13-5-2-3-7-6(4-5)8(11)9(12)10-7/h2-4H,1H3,(H,10,11)(H,12,13);2-4H,1H3,(H,10,11,12). The van der Waals surface area contributed by atoms with Crippen molar-refractivity contribution in [2.24, 2.45) is 0 Å². The summed E-state index contributed by atoms with van der Waals surface area (Å²) in [6.07, 6.45) is 0. The third-order valence-corrected chi connectivity index (χ3v) is 3.90. The first-order valence-corrected chi connectivity index (χ1v) is 7.73. The summed E-state index contributed by atoms with van der Waals surface area (Å²) in [7, 11) is 3.04. The number of methoxy groups -OCH3 is 2. The number of fused-ring (bicyclic) bond motifs is 2. The molecule has 1 aliphatic heterocycles. The van der Waals surface area contributed by atoms with Gasteiger partial charge in [-0.05, 0) is 36.4 Å². The van der Waals surface area contributed by atoms with E-state index in [-0.39, 0.29) is 5.69 Å². The number of nitrogens with one attached hydrogen (secondary N) is 2. The van der Waals surface area contributed by atoms with Gasteiger partial charge in [-0.25, -0.2) is 4.79 Å². The van der Waals surface area contributed by atoms with Gasteiger partial charge in [-0.1, -0.05) is 0 Å². The van der Waals surface area contributed by atoms with Crippen molar-refractivity contribution >= 4 is 34.3 Å². The van der Waals surface area contributed by atoms with Gasteiger partial charge in [-0.2, -0.15) is 5.10 Å². The molecule has 0 spiro atoms. The third-order valence-electron chi connectivity index (χ3n) is 3.90. The summed E-state index contributed by atoms with van der Waals surface area (Å²) >= 11 is 0. The number of ether oxygens (including phenoxy) is 2. The smallest absolute Gasteiger partial charge is 0.357 e. The Balaban J connectivity index is 0.000000156. The number of H-pyrrole nitrogens is 1. The monoisotopic (exact) mass is 369 g/mol. The van der Waals surface area contributed by atoms with E-state index in [4.69, 9.17) is 14.6 Å². The number of hydrogen-bond acceptors (Lipinski definition) is 6. The molecule has 0 atom stereocenters. The molecule has 1 amide bonds. The second-order valence-electron chi connectivity index (χ2n) is 5.48. The largest absolute Gasteiger partial charge is 0.497 e. The van der Waals surface area contributed by atoms with E-state index < -0.39 is 17.7 Å². The van der Waals surface area contributed by atoms with Gasteiger partial charge in [0.25, 0.3) is 11.7 Å². The molecule has 0 aliphatic carbocycles. The van der Waals surface area contributed by atoms with E-state index in [9.17, 15) is 14.4 Å². The van der Waals surface area contributed by atoms with Crippen molar-refractivity contribution < 1.29 is 29.0 Å². The highest BCUT2D eigenvalue weighted by Crippen LogP contribution is 2.26. The van der Waals surface area contributed by atoms with Gasteiger partial charge >= 0.3 is 5.97 Å². The molecule has 1 aliphatic rings. The van der Waals surface area contributed by atoms with Crippen LogP contribution in [0, 0.1) is 0 Å². The van der Waals surface area contributed by atoms with E-state index >= 15 is 0 Å². The zero-order valence-corrected chi connectivity index (χ0v) is 14.4. The number of rotatable bonds is 3. The maximum Gasteiger partial charge on any atom is 0.357 e. The summed E-state index contributed by atoms with van der Waals surface area (Å²) in [5, 5.41) is 18.1. The number of carbonyl (C=O) groups is 3. The SMILES string of the molecule is COc1ccc2[nH]nc(C(=O)O)c2c1.COc1ccc2c(c1)C(=O)C(=O)N2. The van der Waals surface area contributed by atoms with Crippen molar-refractivity contribution in [2.75, 3.05) is 19.5 Å². The number of ketones is 1. The van der Waals surface area contributed by atoms with Crippen molar-refractivity contribution in [3.63, 3.8) is 0 Å². The second kappa shape index (κ2) is 7.16. The molecule has 0 saturated carbocycles. The number of aromatic nitrogens is 2. The van der Waals surface area contributed by atoms with E-state index in [1.807, 2.05) is 0 Å². The lowest BCUT2D eigenvalue weighted by atomic mass is 10.1. The molecule has 9 nitrogen and oxygen atoms in total. The molecule has 0 bridgehead atoms. The van der Waals surface area contributed by atoms with Crippen LogP contribution in [0.4, 0.5) is 5.69 Å². The lowest BCUT2D eigenvalue weighted by Gasteiger charge is -2.00. The molecular weight excluding hydrogens is 354 g/mol. The Bertz CT molecular complexity index is 1060. The quantitative estimate of drug-likeness (QED) is 0.603. The number of Topliss-reactive ketones (excluding diaryl/α,β-unsaturated/α-hetero) is 1. The van der Waals surface area contributed by atoms with Crippen molar-refractivity contribution in [3.05, 3.63) is 47.7 Å². The van der Waals surface area contributed by atoms with Crippen molar-refractivity contribution in [1.82, 2.24) is 10.2 Å². The number of benzene rings is 2. The van der Waals surface area contributed by atoms with Gasteiger partial charge in [0.15, 0.2) is 5.69 Å². The van der Waals surface area contributed by atoms with E-state index in [0.717, 1.165) is 0 Å². The molecule has 0 radical (unpaired) electrons. The van der Waals surface area contributed by atoms with Crippen LogP contribution in [0.25, 0.3) is 10.9 Å². The normalized spacial score (nSPS) is 12.1. The molecule has 9 heteroatoms. The summed E-state index contributed by atoms with van der Waals surface area (Å²) in [6, 6.07) is 10.0. The number of amides is 1. The highest BCUT2D eigenvalue weighted by Gasteiger charge is 2.27. The first-order chi connectivity index (χ1) is 12.9. The van der Waals surface area contributed by atoms with Crippen LogP contribution in [-0.4, -0.2) is 47.2 Å². The fourth-order valence-corrected chi connectivity index (χ4v) is 2.53. The molecule has 2 heterocycles. The minimum atomic E-state index is -1.05. The van der Waals surface area contributed by atoms with Gasteiger partial charge in [0.2, 0.25) is 0 Å². The number of nitrogens with zero attached hydrogens (tertiary/aromatic N) is 1. The summed E-state index contributed by atoms with van der Waals surface area (Å²) in [5.41, 5.74) is 1.63. The fraction of sp³-hybridized carbons (Fsp3) is 0.111. The molecule has 4 rings (SSSR count). The van der Waals surface area contributed by atoms with E-state index in [2.05, 4.69) is 15.5 Å². The Morgan fingerprint density at radius 1 is 1.04 bits per heavy atom. The highest BCUT2D eigenvalue weighted by atomic mass is 16.5. The van der Waals surface area contributed by atoms with Gasteiger partial charge in [0.05, 0.1) is 31.0 Å². The van der Waals surface area contributed by atoms with Crippen LogP contribution in [0.15, 0.2) is 36.4 Å². The Morgan fingerprint density at radius 3 is 2.37 bits per heavy atom. The van der Waals surface area contributed by atoms with Crippen LogP contribution in [0.2, 0.25) is 0 Å². The van der Waals surface area contributed by atoms with Crippen LogP contribution >= 0.6 is 0 Å². The van der Waals surface area contributed by atoms with Crippen LogP contribution < -0.4 is 14.8 Å². The third kappa shape index (κ3) is 3.43. The minimum Gasteiger partial charge on any atom is -0.497 e. The molecule has 0 fully saturated rings. The molecule has 138 valence electrons. The summed E-state index contributed by atoms with van der Waals surface area (Å²) in [4.78, 5) is 32.9. The maximum absolute atomic E-state index is 11.2. The fourth-order valence-electron chi connectivity index (χ4n) is 2.53. The first kappa shape index (κ1) is 17.9. The van der Waals surface area contributed by atoms with Crippen LogP contribution in [0.3, 0.4) is 0 Å². The van der Waals surface area contributed by atoms with Crippen LogP contribution in [-0.2, 0) is 4.79 Å². The maximum atomic E-state index is 11.2. The number of aromatic carboxylic acids is 1. The van der Waals surface area contributed by atoms with Gasteiger partial charge in [-0.3, -0.25) is 14.7 Å². The molecule has 3 N–H and O–H groups in total. The molecule has 0 saturated heterocycles. The molecule has 0 unspecified atom stereocenters. The Hall–Kier alpha value is -3.88. The summed E-state index contributed by atoms with van der Waals surface area (Å²) in [6.45, 7) is 0. The number of hydrogen-bond donors (Lipinski definition) is 3. The Labute approximate surface area is 152 Å². The van der Waals surface area contributed by atoms with Crippen molar-refractivity contribution in [3.8, 4) is 11.5 Å². The number of carboxylic acid groups (broad SMARTS) is 1. The summed E-state index contributed by atoms with van der Waals surface area (Å²) < 4.78 is 9.92. The molecule has 1 aromatic heterocycles. The molecular formula is C18H15N3O6. The van der Waals surface area contributed by atoms with Gasteiger partial charge in [0.1, 0.15) is 11.5 Å². The molecule has 3 aromatic rings. The first-order valence-electron chi connectivity index (χ1n) is 7.73. The number of aromatic amines is 1. The van der Waals surface area contributed by atoms with E-state index in [1.54, 1.807) is 36.4 Å². The zero-order valence-electron chi connectivity index (χ0n) is 14.4. The second-order valence-corrected chi connectivity index (χ2v) is 5.48. The molecule has 27 heavy (non-hydrogen) atoms. The predicted molar refractivity (Wildman–Crippen MR) is 95.6 cm³/mol. The van der Waals surface area contributed by atoms with Gasteiger partial charge in [-0.15, -0.1) is 0 Å². The predicted octanol–water partition coefficient (Wildman–Crippen LogP) is 2.10. The Morgan fingerprint density at radius 2 is 1.70 bits per heavy atom. The highest BCUT2D eigenvalue weighted by molar-refractivity contribution is 6.51. The Kier molecular flexibility index (Phi) is 4.75.